The average Bonchev–Trinajstić information content (AvgIpc) is 2.65. The predicted octanol–water partition coefficient (Wildman–Crippen LogP) is 7.88. The highest BCUT2D eigenvalue weighted by atomic mass is 19.2. The second kappa shape index (κ2) is 13.7. The Labute approximate surface area is 165 Å². The summed E-state index contributed by atoms with van der Waals surface area (Å²) in [6, 6.07) is 3.17. The van der Waals surface area contributed by atoms with Crippen molar-refractivity contribution in [3.8, 4) is 5.75 Å². The Balaban J connectivity index is 2.47. The molecule has 1 aromatic carbocycles. The standard InChI is InChI=1S/C24H38F2O/c1-5-10-19(11-6-2)13-8-14-20(12-7-3)15-9-16-21-17-18-22(27-4)24(26)23(21)25/h5,10,17-20H,6-9,11-16H2,1-4H3. The first-order valence-electron chi connectivity index (χ1n) is 10.7. The second-order valence-corrected chi connectivity index (χ2v) is 7.61. The molecule has 0 aromatic heterocycles. The van der Waals surface area contributed by atoms with Crippen LogP contribution >= 0.6 is 0 Å². The van der Waals surface area contributed by atoms with E-state index in [0.717, 1.165) is 12.8 Å². The Hall–Kier alpha value is -1.38. The maximum absolute atomic E-state index is 14.1. The van der Waals surface area contributed by atoms with Crippen LogP contribution < -0.4 is 4.74 Å². The molecular formula is C24H38F2O. The molecule has 0 radical (unpaired) electrons. The van der Waals surface area contributed by atoms with Crippen LogP contribution in [0.2, 0.25) is 0 Å². The van der Waals surface area contributed by atoms with Crippen molar-refractivity contribution in [3.05, 3.63) is 41.5 Å². The summed E-state index contributed by atoms with van der Waals surface area (Å²) in [7, 11) is 1.36. The zero-order chi connectivity index (χ0) is 20.1. The van der Waals surface area contributed by atoms with Gasteiger partial charge in [-0.1, -0.05) is 70.6 Å². The zero-order valence-corrected chi connectivity index (χ0v) is 17.7. The van der Waals surface area contributed by atoms with Crippen molar-refractivity contribution in [2.45, 2.75) is 85.0 Å². The summed E-state index contributed by atoms with van der Waals surface area (Å²) in [6.45, 7) is 6.58. The molecule has 1 nitrogen and oxygen atoms in total. The largest absolute Gasteiger partial charge is 0.494 e. The first-order chi connectivity index (χ1) is 13.1. The van der Waals surface area contributed by atoms with Gasteiger partial charge in [0.15, 0.2) is 11.6 Å². The van der Waals surface area contributed by atoms with Gasteiger partial charge in [0.05, 0.1) is 7.11 Å². The molecule has 0 saturated heterocycles. The highest BCUT2D eigenvalue weighted by molar-refractivity contribution is 5.31. The van der Waals surface area contributed by atoms with Crippen molar-refractivity contribution >= 4 is 0 Å². The molecule has 0 aliphatic heterocycles. The Morgan fingerprint density at radius 3 is 2.26 bits per heavy atom. The van der Waals surface area contributed by atoms with Gasteiger partial charge in [0, 0.05) is 0 Å². The number of allylic oxidation sites excluding steroid dienone is 2. The van der Waals surface area contributed by atoms with Gasteiger partial charge in [0.2, 0.25) is 5.82 Å². The molecule has 0 aliphatic rings. The van der Waals surface area contributed by atoms with E-state index in [1.165, 1.54) is 58.1 Å². The quantitative estimate of drug-likeness (QED) is 0.298. The van der Waals surface area contributed by atoms with Crippen LogP contribution in [0.1, 0.15) is 84.1 Å². The van der Waals surface area contributed by atoms with Gasteiger partial charge >= 0.3 is 0 Å². The smallest absolute Gasteiger partial charge is 0.200 e. The summed E-state index contributed by atoms with van der Waals surface area (Å²) in [4.78, 5) is 0. The summed E-state index contributed by atoms with van der Waals surface area (Å²) in [5.41, 5.74) is 0.458. The van der Waals surface area contributed by atoms with Crippen LogP contribution in [0, 0.1) is 23.5 Å². The molecule has 0 aliphatic carbocycles. The SMILES string of the molecule is CC=CC(CCC)CCCC(CCC)CCCc1ccc(OC)c(F)c1F. The average molecular weight is 381 g/mol. The van der Waals surface area contributed by atoms with Crippen molar-refractivity contribution < 1.29 is 13.5 Å². The van der Waals surface area contributed by atoms with Crippen LogP contribution in [0.5, 0.6) is 5.75 Å². The number of methoxy groups -OCH3 is 1. The molecule has 0 bridgehead atoms. The number of ether oxygens (including phenoxy) is 1. The van der Waals surface area contributed by atoms with E-state index in [9.17, 15) is 8.78 Å². The monoisotopic (exact) mass is 380 g/mol. The van der Waals surface area contributed by atoms with E-state index in [-0.39, 0.29) is 5.75 Å². The number of hydrogen-bond acceptors (Lipinski definition) is 1. The molecule has 0 fully saturated rings. The summed E-state index contributed by atoms with van der Waals surface area (Å²) >= 11 is 0. The number of halogens is 2. The first-order valence-corrected chi connectivity index (χ1v) is 10.7. The van der Waals surface area contributed by atoms with Gasteiger partial charge < -0.3 is 4.74 Å². The fourth-order valence-corrected chi connectivity index (χ4v) is 3.99. The third-order valence-electron chi connectivity index (χ3n) is 5.41. The molecule has 0 amide bonds. The minimum absolute atomic E-state index is 0.0251. The Morgan fingerprint density at radius 1 is 0.926 bits per heavy atom. The maximum atomic E-state index is 14.1. The van der Waals surface area contributed by atoms with Gasteiger partial charge in [-0.05, 0) is 56.1 Å². The molecule has 2 atom stereocenters. The number of rotatable bonds is 14. The molecule has 0 saturated carbocycles. The Bertz CT molecular complexity index is 554. The molecule has 2 unspecified atom stereocenters. The second-order valence-electron chi connectivity index (χ2n) is 7.61. The highest BCUT2D eigenvalue weighted by Crippen LogP contribution is 2.27. The van der Waals surface area contributed by atoms with Gasteiger partial charge in [-0.15, -0.1) is 0 Å². The van der Waals surface area contributed by atoms with Crippen LogP contribution in [-0.4, -0.2) is 7.11 Å². The fourth-order valence-electron chi connectivity index (χ4n) is 3.99. The van der Waals surface area contributed by atoms with Crippen molar-refractivity contribution in [3.63, 3.8) is 0 Å². The van der Waals surface area contributed by atoms with Crippen LogP contribution in [-0.2, 0) is 6.42 Å². The van der Waals surface area contributed by atoms with Crippen LogP contribution in [0.15, 0.2) is 24.3 Å². The molecule has 3 heteroatoms. The molecular weight excluding hydrogens is 342 g/mol. The van der Waals surface area contributed by atoms with Gasteiger partial charge in [-0.2, -0.15) is 4.39 Å². The molecule has 1 rings (SSSR count). The number of hydrogen-bond donors (Lipinski definition) is 0. The van der Waals surface area contributed by atoms with E-state index in [0.29, 0.717) is 23.8 Å². The number of aryl methyl sites for hydroxylation is 1. The Morgan fingerprint density at radius 2 is 1.63 bits per heavy atom. The molecule has 1 aromatic rings. The van der Waals surface area contributed by atoms with Gasteiger partial charge in [-0.3, -0.25) is 0 Å². The lowest BCUT2D eigenvalue weighted by Gasteiger charge is -2.18. The first kappa shape index (κ1) is 23.7. The normalized spacial score (nSPS) is 13.9. The third kappa shape index (κ3) is 8.45. The van der Waals surface area contributed by atoms with Crippen molar-refractivity contribution in [2.24, 2.45) is 11.8 Å². The lowest BCUT2D eigenvalue weighted by atomic mass is 9.88. The molecule has 27 heavy (non-hydrogen) atoms. The third-order valence-corrected chi connectivity index (χ3v) is 5.41. The lowest BCUT2D eigenvalue weighted by molar-refractivity contribution is 0.364. The summed E-state index contributed by atoms with van der Waals surface area (Å²) in [6.07, 6.45) is 15.8. The summed E-state index contributed by atoms with van der Waals surface area (Å²) in [5.74, 6) is -0.253. The minimum atomic E-state index is -0.869. The van der Waals surface area contributed by atoms with Crippen molar-refractivity contribution in [1.29, 1.82) is 0 Å². The van der Waals surface area contributed by atoms with Gasteiger partial charge in [-0.25, -0.2) is 4.39 Å². The molecule has 154 valence electrons. The fraction of sp³-hybridized carbons (Fsp3) is 0.667. The molecule has 0 heterocycles. The molecule has 0 N–H and O–H groups in total. The van der Waals surface area contributed by atoms with Crippen LogP contribution in [0.3, 0.4) is 0 Å². The maximum Gasteiger partial charge on any atom is 0.200 e. The van der Waals surface area contributed by atoms with Crippen LogP contribution in [0.4, 0.5) is 8.78 Å². The topological polar surface area (TPSA) is 9.23 Å². The van der Waals surface area contributed by atoms with Gasteiger partial charge in [0.1, 0.15) is 0 Å². The lowest BCUT2D eigenvalue weighted by Crippen LogP contribution is -2.05. The summed E-state index contributed by atoms with van der Waals surface area (Å²) in [5, 5.41) is 0. The molecule has 0 spiro atoms. The van der Waals surface area contributed by atoms with E-state index in [1.807, 2.05) is 0 Å². The summed E-state index contributed by atoms with van der Waals surface area (Å²) < 4.78 is 32.8. The zero-order valence-electron chi connectivity index (χ0n) is 17.7. The van der Waals surface area contributed by atoms with E-state index in [2.05, 4.69) is 32.9 Å². The van der Waals surface area contributed by atoms with Crippen molar-refractivity contribution in [2.75, 3.05) is 7.11 Å². The Kier molecular flexibility index (Phi) is 12.0. The minimum Gasteiger partial charge on any atom is -0.494 e. The number of benzene rings is 1. The van der Waals surface area contributed by atoms with E-state index in [1.54, 1.807) is 6.07 Å². The predicted molar refractivity (Wildman–Crippen MR) is 111 cm³/mol. The highest BCUT2D eigenvalue weighted by Gasteiger charge is 2.15. The van der Waals surface area contributed by atoms with Gasteiger partial charge in [0.25, 0.3) is 0 Å². The van der Waals surface area contributed by atoms with E-state index in [4.69, 9.17) is 4.74 Å². The van der Waals surface area contributed by atoms with Crippen molar-refractivity contribution in [1.82, 2.24) is 0 Å². The van der Waals surface area contributed by atoms with E-state index >= 15 is 0 Å². The van der Waals surface area contributed by atoms with E-state index < -0.39 is 11.6 Å². The van der Waals surface area contributed by atoms with Crippen LogP contribution in [0.25, 0.3) is 0 Å².